The smallest absolute Gasteiger partial charge is 0.261 e. The highest BCUT2D eigenvalue weighted by Crippen LogP contribution is 2.24. The van der Waals surface area contributed by atoms with Crippen molar-refractivity contribution in [1.29, 1.82) is 0 Å². The van der Waals surface area contributed by atoms with E-state index in [1.807, 2.05) is 0 Å². The molecule has 0 bridgehead atoms. The molecule has 1 atom stereocenters. The van der Waals surface area contributed by atoms with Crippen LogP contribution in [0.25, 0.3) is 0 Å². The summed E-state index contributed by atoms with van der Waals surface area (Å²) in [5, 5.41) is 2.83. The minimum absolute atomic E-state index is 0.0336. The van der Waals surface area contributed by atoms with Crippen molar-refractivity contribution >= 4 is 5.91 Å². The van der Waals surface area contributed by atoms with Crippen LogP contribution in [-0.4, -0.2) is 18.1 Å². The number of benzene rings is 1. The standard InChI is InChI=1S/C15H20F2N2O2/c1-9(15(20)19-11-4-2-3-5-11)21-14-12(16)6-10(8-18)7-13(14)17/h6-7,9,11H,2-5,8,18H2,1H3,(H,19,20). The molecular weight excluding hydrogens is 278 g/mol. The quantitative estimate of drug-likeness (QED) is 0.876. The van der Waals surface area contributed by atoms with Gasteiger partial charge in [0.2, 0.25) is 0 Å². The molecule has 0 aliphatic heterocycles. The molecule has 6 heteroatoms. The third-order valence-corrected chi connectivity index (χ3v) is 3.66. The van der Waals surface area contributed by atoms with Gasteiger partial charge in [0, 0.05) is 12.6 Å². The van der Waals surface area contributed by atoms with Crippen molar-refractivity contribution in [3.05, 3.63) is 29.3 Å². The van der Waals surface area contributed by atoms with Gasteiger partial charge in [-0.05, 0) is 37.5 Å². The average Bonchev–Trinajstić information content (AvgIpc) is 2.95. The van der Waals surface area contributed by atoms with E-state index in [-0.39, 0.29) is 18.5 Å². The van der Waals surface area contributed by atoms with Crippen LogP contribution in [0.2, 0.25) is 0 Å². The maximum absolute atomic E-state index is 13.8. The van der Waals surface area contributed by atoms with Crippen molar-refractivity contribution in [2.24, 2.45) is 5.73 Å². The molecule has 0 aromatic heterocycles. The number of ether oxygens (including phenoxy) is 1. The number of carbonyl (C=O) groups is 1. The highest BCUT2D eigenvalue weighted by molar-refractivity contribution is 5.81. The Hall–Kier alpha value is -1.69. The third-order valence-electron chi connectivity index (χ3n) is 3.66. The van der Waals surface area contributed by atoms with Crippen LogP contribution in [0.5, 0.6) is 5.75 Å². The van der Waals surface area contributed by atoms with Crippen molar-refractivity contribution in [2.45, 2.75) is 51.3 Å². The van der Waals surface area contributed by atoms with Gasteiger partial charge in [0.15, 0.2) is 23.5 Å². The zero-order valence-electron chi connectivity index (χ0n) is 12.0. The highest BCUT2D eigenvalue weighted by atomic mass is 19.1. The van der Waals surface area contributed by atoms with Crippen molar-refractivity contribution in [3.8, 4) is 5.75 Å². The number of carbonyl (C=O) groups excluding carboxylic acids is 1. The van der Waals surface area contributed by atoms with E-state index in [1.165, 1.54) is 6.92 Å². The van der Waals surface area contributed by atoms with Gasteiger partial charge >= 0.3 is 0 Å². The van der Waals surface area contributed by atoms with Gasteiger partial charge in [0.25, 0.3) is 5.91 Å². The van der Waals surface area contributed by atoms with Gasteiger partial charge in [0.05, 0.1) is 0 Å². The summed E-state index contributed by atoms with van der Waals surface area (Å²) in [7, 11) is 0. The van der Waals surface area contributed by atoms with E-state index in [2.05, 4.69) is 5.32 Å². The van der Waals surface area contributed by atoms with Crippen LogP contribution in [-0.2, 0) is 11.3 Å². The second-order valence-corrected chi connectivity index (χ2v) is 5.34. The van der Waals surface area contributed by atoms with E-state index in [4.69, 9.17) is 10.5 Å². The Morgan fingerprint density at radius 3 is 2.48 bits per heavy atom. The second-order valence-electron chi connectivity index (χ2n) is 5.34. The minimum Gasteiger partial charge on any atom is -0.475 e. The summed E-state index contributed by atoms with van der Waals surface area (Å²) in [6.07, 6.45) is 3.09. The number of nitrogens with one attached hydrogen (secondary N) is 1. The fraction of sp³-hybridized carbons (Fsp3) is 0.533. The molecule has 0 saturated heterocycles. The number of rotatable bonds is 5. The van der Waals surface area contributed by atoms with Crippen molar-refractivity contribution in [3.63, 3.8) is 0 Å². The maximum atomic E-state index is 13.8. The first-order valence-electron chi connectivity index (χ1n) is 7.16. The van der Waals surface area contributed by atoms with Crippen LogP contribution in [0.1, 0.15) is 38.2 Å². The molecule has 0 radical (unpaired) electrons. The fourth-order valence-corrected chi connectivity index (χ4v) is 2.46. The molecule has 116 valence electrons. The molecule has 1 fully saturated rings. The van der Waals surface area contributed by atoms with Crippen LogP contribution in [0.15, 0.2) is 12.1 Å². The zero-order valence-corrected chi connectivity index (χ0v) is 12.0. The Bertz CT molecular complexity index is 493. The Kier molecular flexibility index (Phi) is 5.12. The number of hydrogen-bond donors (Lipinski definition) is 2. The normalized spacial score (nSPS) is 16.8. The van der Waals surface area contributed by atoms with Crippen LogP contribution in [0.3, 0.4) is 0 Å². The van der Waals surface area contributed by atoms with Crippen LogP contribution >= 0.6 is 0 Å². The maximum Gasteiger partial charge on any atom is 0.261 e. The average molecular weight is 298 g/mol. The van der Waals surface area contributed by atoms with E-state index in [0.29, 0.717) is 5.56 Å². The van der Waals surface area contributed by atoms with Crippen molar-refractivity contribution in [2.75, 3.05) is 0 Å². The van der Waals surface area contributed by atoms with Gasteiger partial charge in [-0.3, -0.25) is 4.79 Å². The lowest BCUT2D eigenvalue weighted by molar-refractivity contribution is -0.128. The van der Waals surface area contributed by atoms with E-state index in [9.17, 15) is 13.6 Å². The summed E-state index contributed by atoms with van der Waals surface area (Å²) in [5.41, 5.74) is 5.67. The molecule has 0 heterocycles. The summed E-state index contributed by atoms with van der Waals surface area (Å²) in [6.45, 7) is 1.51. The van der Waals surface area contributed by atoms with E-state index < -0.39 is 23.5 Å². The molecule has 1 aromatic rings. The molecule has 1 saturated carbocycles. The molecule has 3 N–H and O–H groups in total. The third kappa shape index (κ3) is 3.91. The Labute approximate surface area is 122 Å². The molecule has 1 aromatic carbocycles. The monoisotopic (exact) mass is 298 g/mol. The van der Waals surface area contributed by atoms with Gasteiger partial charge in [0.1, 0.15) is 0 Å². The molecule has 2 rings (SSSR count). The lowest BCUT2D eigenvalue weighted by Crippen LogP contribution is -2.41. The number of nitrogens with two attached hydrogens (primary N) is 1. The van der Waals surface area contributed by atoms with E-state index >= 15 is 0 Å². The number of amides is 1. The van der Waals surface area contributed by atoms with Crippen LogP contribution in [0.4, 0.5) is 8.78 Å². The first-order chi connectivity index (χ1) is 10.0. The molecule has 1 unspecified atom stereocenters. The Morgan fingerprint density at radius 1 is 1.38 bits per heavy atom. The Morgan fingerprint density at radius 2 is 1.95 bits per heavy atom. The fourth-order valence-electron chi connectivity index (χ4n) is 2.46. The summed E-state index contributed by atoms with van der Waals surface area (Å²) in [5.74, 6) is -2.60. The van der Waals surface area contributed by atoms with Crippen LogP contribution in [0, 0.1) is 11.6 Å². The first-order valence-corrected chi connectivity index (χ1v) is 7.16. The number of halogens is 2. The summed E-state index contributed by atoms with van der Waals surface area (Å²) < 4.78 is 32.7. The summed E-state index contributed by atoms with van der Waals surface area (Å²) in [6, 6.07) is 2.36. The van der Waals surface area contributed by atoms with E-state index in [1.54, 1.807) is 0 Å². The second kappa shape index (κ2) is 6.85. The SMILES string of the molecule is CC(Oc1c(F)cc(CN)cc1F)C(=O)NC1CCCC1. The van der Waals surface area contributed by atoms with Gasteiger partial charge in [-0.25, -0.2) is 8.78 Å². The van der Waals surface area contributed by atoms with Gasteiger partial charge in [-0.1, -0.05) is 12.8 Å². The molecule has 1 aliphatic carbocycles. The minimum atomic E-state index is -0.960. The zero-order chi connectivity index (χ0) is 15.4. The highest BCUT2D eigenvalue weighted by Gasteiger charge is 2.23. The van der Waals surface area contributed by atoms with Gasteiger partial charge in [-0.2, -0.15) is 0 Å². The lowest BCUT2D eigenvalue weighted by atomic mass is 10.2. The topological polar surface area (TPSA) is 64.3 Å². The predicted octanol–water partition coefficient (Wildman–Crippen LogP) is 2.25. The first kappa shape index (κ1) is 15.7. The molecule has 1 amide bonds. The Balaban J connectivity index is 2.01. The molecule has 4 nitrogen and oxygen atoms in total. The predicted molar refractivity (Wildman–Crippen MR) is 74.7 cm³/mol. The lowest BCUT2D eigenvalue weighted by Gasteiger charge is -2.18. The molecule has 1 aliphatic rings. The number of hydrogen-bond acceptors (Lipinski definition) is 3. The van der Waals surface area contributed by atoms with Gasteiger partial charge in [-0.15, -0.1) is 0 Å². The van der Waals surface area contributed by atoms with E-state index in [0.717, 1.165) is 37.8 Å². The molecule has 0 spiro atoms. The van der Waals surface area contributed by atoms with Crippen molar-refractivity contribution < 1.29 is 18.3 Å². The van der Waals surface area contributed by atoms with Crippen molar-refractivity contribution in [1.82, 2.24) is 5.32 Å². The van der Waals surface area contributed by atoms with Gasteiger partial charge < -0.3 is 15.8 Å². The van der Waals surface area contributed by atoms with Crippen LogP contribution < -0.4 is 15.8 Å². The summed E-state index contributed by atoms with van der Waals surface area (Å²) in [4.78, 5) is 11.9. The molecule has 21 heavy (non-hydrogen) atoms. The summed E-state index contributed by atoms with van der Waals surface area (Å²) >= 11 is 0. The largest absolute Gasteiger partial charge is 0.475 e. The molecular formula is C15H20F2N2O2.